The van der Waals surface area contributed by atoms with Gasteiger partial charge >= 0.3 is 0 Å². The number of amides is 2. The van der Waals surface area contributed by atoms with Crippen LogP contribution in [0.2, 0.25) is 0 Å². The summed E-state index contributed by atoms with van der Waals surface area (Å²) >= 11 is 1.42. The van der Waals surface area contributed by atoms with E-state index in [9.17, 15) is 9.59 Å². The molecule has 0 spiro atoms. The SMILES string of the molecule is CNC(=O)[C@@H]1CCCN1C(=O)c1cccs1. The van der Waals surface area contributed by atoms with Crippen LogP contribution in [-0.4, -0.2) is 36.3 Å². The van der Waals surface area contributed by atoms with Gasteiger partial charge in [-0.25, -0.2) is 0 Å². The number of likely N-dealkylation sites (N-methyl/N-ethyl adjacent to an activating group) is 1. The van der Waals surface area contributed by atoms with Crippen molar-refractivity contribution in [2.45, 2.75) is 18.9 Å². The Morgan fingerprint density at radius 1 is 1.56 bits per heavy atom. The maximum atomic E-state index is 12.1. The van der Waals surface area contributed by atoms with Crippen molar-refractivity contribution in [2.24, 2.45) is 0 Å². The van der Waals surface area contributed by atoms with Crippen LogP contribution < -0.4 is 5.32 Å². The van der Waals surface area contributed by atoms with E-state index in [0.29, 0.717) is 11.4 Å². The normalized spacial score (nSPS) is 19.8. The minimum atomic E-state index is -0.292. The molecule has 1 saturated heterocycles. The molecule has 0 radical (unpaired) electrons. The lowest BCUT2D eigenvalue weighted by Crippen LogP contribution is -2.44. The van der Waals surface area contributed by atoms with Crippen LogP contribution in [0.15, 0.2) is 17.5 Å². The van der Waals surface area contributed by atoms with Crippen molar-refractivity contribution < 1.29 is 9.59 Å². The van der Waals surface area contributed by atoms with E-state index < -0.39 is 0 Å². The van der Waals surface area contributed by atoms with Gasteiger partial charge in [0.05, 0.1) is 4.88 Å². The van der Waals surface area contributed by atoms with Gasteiger partial charge < -0.3 is 10.2 Å². The Balaban J connectivity index is 2.14. The Labute approximate surface area is 98.3 Å². The summed E-state index contributed by atoms with van der Waals surface area (Å²) < 4.78 is 0. The predicted molar refractivity (Wildman–Crippen MR) is 62.4 cm³/mol. The van der Waals surface area contributed by atoms with Crippen molar-refractivity contribution in [1.82, 2.24) is 10.2 Å². The summed E-state index contributed by atoms with van der Waals surface area (Å²) in [5.41, 5.74) is 0. The first-order valence-corrected chi connectivity index (χ1v) is 6.18. The highest BCUT2D eigenvalue weighted by Gasteiger charge is 2.34. The van der Waals surface area contributed by atoms with Gasteiger partial charge in [0.1, 0.15) is 6.04 Å². The molecule has 0 unspecified atom stereocenters. The highest BCUT2D eigenvalue weighted by atomic mass is 32.1. The van der Waals surface area contributed by atoms with Gasteiger partial charge in [-0.05, 0) is 24.3 Å². The number of nitrogens with one attached hydrogen (secondary N) is 1. The molecule has 5 heteroatoms. The molecule has 0 aliphatic carbocycles. The van der Waals surface area contributed by atoms with Crippen molar-refractivity contribution in [3.8, 4) is 0 Å². The third-order valence-electron chi connectivity index (χ3n) is 2.79. The lowest BCUT2D eigenvalue weighted by Gasteiger charge is -2.22. The van der Waals surface area contributed by atoms with Crippen LogP contribution in [0.4, 0.5) is 0 Å². The predicted octanol–water partition coefficient (Wildman–Crippen LogP) is 1.10. The lowest BCUT2D eigenvalue weighted by molar-refractivity contribution is -0.124. The van der Waals surface area contributed by atoms with Crippen LogP contribution in [0.25, 0.3) is 0 Å². The van der Waals surface area contributed by atoms with Crippen molar-refractivity contribution in [3.63, 3.8) is 0 Å². The van der Waals surface area contributed by atoms with E-state index in [1.807, 2.05) is 11.4 Å². The Morgan fingerprint density at radius 3 is 3.00 bits per heavy atom. The van der Waals surface area contributed by atoms with Crippen LogP contribution in [0, 0.1) is 0 Å². The third-order valence-corrected chi connectivity index (χ3v) is 3.65. The second-order valence-corrected chi connectivity index (χ2v) is 4.70. The number of thiophene rings is 1. The number of carbonyl (C=O) groups excluding carboxylic acids is 2. The molecule has 1 aliphatic heterocycles. The van der Waals surface area contributed by atoms with Crippen molar-refractivity contribution in [3.05, 3.63) is 22.4 Å². The minimum Gasteiger partial charge on any atom is -0.357 e. The maximum absolute atomic E-state index is 12.1. The molecule has 2 heterocycles. The van der Waals surface area contributed by atoms with Crippen molar-refractivity contribution in [1.29, 1.82) is 0 Å². The first-order valence-electron chi connectivity index (χ1n) is 5.30. The van der Waals surface area contributed by atoms with Crippen LogP contribution in [-0.2, 0) is 4.79 Å². The maximum Gasteiger partial charge on any atom is 0.264 e. The highest BCUT2D eigenvalue weighted by Crippen LogP contribution is 2.22. The number of nitrogens with zero attached hydrogens (tertiary/aromatic N) is 1. The Morgan fingerprint density at radius 2 is 2.38 bits per heavy atom. The third kappa shape index (κ3) is 1.95. The molecule has 0 bridgehead atoms. The average Bonchev–Trinajstić information content (AvgIpc) is 2.97. The number of likely N-dealkylation sites (tertiary alicyclic amines) is 1. The molecule has 1 atom stereocenters. The van der Waals surface area contributed by atoms with E-state index in [1.165, 1.54) is 11.3 Å². The van der Waals surface area contributed by atoms with E-state index in [2.05, 4.69) is 5.32 Å². The van der Waals surface area contributed by atoms with E-state index >= 15 is 0 Å². The fourth-order valence-electron chi connectivity index (χ4n) is 1.99. The fraction of sp³-hybridized carbons (Fsp3) is 0.455. The molecule has 1 fully saturated rings. The standard InChI is InChI=1S/C11H14N2O2S/c1-12-10(14)8-4-2-6-13(8)11(15)9-5-3-7-16-9/h3,5,7-8H,2,4,6H2,1H3,(H,12,14)/t8-/m0/s1. The Kier molecular flexibility index (Phi) is 3.24. The summed E-state index contributed by atoms with van der Waals surface area (Å²) in [6, 6.07) is 3.36. The molecule has 1 N–H and O–H groups in total. The van der Waals surface area contributed by atoms with Gasteiger partial charge in [0, 0.05) is 13.6 Å². The Hall–Kier alpha value is -1.36. The van der Waals surface area contributed by atoms with E-state index in [1.54, 1.807) is 18.0 Å². The summed E-state index contributed by atoms with van der Waals surface area (Å²) in [5, 5.41) is 4.48. The van der Waals surface area contributed by atoms with Crippen LogP contribution in [0.3, 0.4) is 0 Å². The summed E-state index contributed by atoms with van der Waals surface area (Å²) in [4.78, 5) is 26.1. The smallest absolute Gasteiger partial charge is 0.264 e. The zero-order chi connectivity index (χ0) is 11.5. The highest BCUT2D eigenvalue weighted by molar-refractivity contribution is 7.12. The van der Waals surface area contributed by atoms with Gasteiger partial charge in [-0.15, -0.1) is 11.3 Å². The zero-order valence-corrected chi connectivity index (χ0v) is 9.92. The minimum absolute atomic E-state index is 0.0268. The second kappa shape index (κ2) is 4.65. The van der Waals surface area contributed by atoms with Crippen LogP contribution >= 0.6 is 11.3 Å². The quantitative estimate of drug-likeness (QED) is 0.838. The van der Waals surface area contributed by atoms with Crippen LogP contribution in [0.1, 0.15) is 22.5 Å². The molecular formula is C11H14N2O2S. The molecule has 86 valence electrons. The summed E-state index contributed by atoms with van der Waals surface area (Å²) in [6.07, 6.45) is 1.66. The number of hydrogen-bond acceptors (Lipinski definition) is 3. The lowest BCUT2D eigenvalue weighted by atomic mass is 10.2. The van der Waals surface area contributed by atoms with Gasteiger partial charge in [-0.3, -0.25) is 9.59 Å². The Bertz CT molecular complexity index is 389. The molecule has 1 aromatic heterocycles. The van der Waals surface area contributed by atoms with E-state index in [-0.39, 0.29) is 17.9 Å². The molecule has 0 aromatic carbocycles. The summed E-state index contributed by atoms with van der Waals surface area (Å²) in [7, 11) is 1.61. The number of rotatable bonds is 2. The molecule has 4 nitrogen and oxygen atoms in total. The first-order chi connectivity index (χ1) is 7.74. The monoisotopic (exact) mass is 238 g/mol. The van der Waals surface area contributed by atoms with Gasteiger partial charge in [-0.2, -0.15) is 0 Å². The van der Waals surface area contributed by atoms with Gasteiger partial charge in [0.25, 0.3) is 5.91 Å². The topological polar surface area (TPSA) is 49.4 Å². The van der Waals surface area contributed by atoms with Crippen molar-refractivity contribution >= 4 is 23.2 Å². The van der Waals surface area contributed by atoms with E-state index in [4.69, 9.17) is 0 Å². The van der Waals surface area contributed by atoms with Crippen molar-refractivity contribution in [2.75, 3.05) is 13.6 Å². The molecule has 16 heavy (non-hydrogen) atoms. The molecule has 0 saturated carbocycles. The van der Waals surface area contributed by atoms with Gasteiger partial charge in [-0.1, -0.05) is 6.07 Å². The molecule has 1 aliphatic rings. The molecular weight excluding hydrogens is 224 g/mol. The average molecular weight is 238 g/mol. The second-order valence-electron chi connectivity index (χ2n) is 3.75. The fourth-order valence-corrected chi connectivity index (χ4v) is 2.67. The molecule has 2 amide bonds. The first kappa shape index (κ1) is 11.1. The molecule has 2 rings (SSSR count). The largest absolute Gasteiger partial charge is 0.357 e. The molecule has 1 aromatic rings. The van der Waals surface area contributed by atoms with Gasteiger partial charge in [0.2, 0.25) is 5.91 Å². The number of carbonyl (C=O) groups is 2. The summed E-state index contributed by atoms with van der Waals surface area (Å²) in [5.74, 6) is -0.0940. The van der Waals surface area contributed by atoms with Crippen LogP contribution in [0.5, 0.6) is 0 Å². The van der Waals surface area contributed by atoms with Gasteiger partial charge in [0.15, 0.2) is 0 Å². The van der Waals surface area contributed by atoms with E-state index in [0.717, 1.165) is 12.8 Å². The summed E-state index contributed by atoms with van der Waals surface area (Å²) in [6.45, 7) is 0.675. The zero-order valence-electron chi connectivity index (χ0n) is 9.10. The number of hydrogen-bond donors (Lipinski definition) is 1.